The van der Waals surface area contributed by atoms with Crippen LogP contribution >= 0.6 is 11.3 Å². The second-order valence-electron chi connectivity index (χ2n) is 6.37. The summed E-state index contributed by atoms with van der Waals surface area (Å²) in [6.45, 7) is 2.88. The Bertz CT molecular complexity index is 753. The SMILES string of the molecule is CCOC(=O)c1c(C2CC2)csc1NC(=O)CN1CCS(=O)(=O)CC1. The fourth-order valence-electron chi connectivity index (χ4n) is 2.85. The Morgan fingerprint density at radius 3 is 2.60 bits per heavy atom. The van der Waals surface area contributed by atoms with Gasteiger partial charge < -0.3 is 10.1 Å². The maximum atomic E-state index is 12.3. The van der Waals surface area contributed by atoms with Gasteiger partial charge in [0.2, 0.25) is 5.91 Å². The molecule has 3 rings (SSSR count). The summed E-state index contributed by atoms with van der Waals surface area (Å²) in [5.41, 5.74) is 1.44. The van der Waals surface area contributed by atoms with Crippen molar-refractivity contribution in [1.82, 2.24) is 4.90 Å². The van der Waals surface area contributed by atoms with Gasteiger partial charge in [-0.2, -0.15) is 0 Å². The first-order chi connectivity index (χ1) is 11.9. The molecule has 0 atom stereocenters. The number of hydrogen-bond acceptors (Lipinski definition) is 7. The van der Waals surface area contributed by atoms with E-state index in [-0.39, 0.29) is 30.6 Å². The zero-order valence-corrected chi connectivity index (χ0v) is 15.7. The van der Waals surface area contributed by atoms with E-state index in [1.807, 2.05) is 10.3 Å². The van der Waals surface area contributed by atoms with Gasteiger partial charge in [-0.1, -0.05) is 0 Å². The number of amides is 1. The van der Waals surface area contributed by atoms with Gasteiger partial charge in [0.1, 0.15) is 5.00 Å². The van der Waals surface area contributed by atoms with Crippen molar-refractivity contribution in [1.29, 1.82) is 0 Å². The second kappa shape index (κ2) is 7.43. The lowest BCUT2D eigenvalue weighted by atomic mass is 10.1. The molecule has 1 aliphatic heterocycles. The molecule has 1 N–H and O–H groups in total. The molecular weight excluding hydrogens is 364 g/mol. The van der Waals surface area contributed by atoms with E-state index in [0.717, 1.165) is 18.4 Å². The van der Waals surface area contributed by atoms with E-state index in [2.05, 4.69) is 5.32 Å². The van der Waals surface area contributed by atoms with Crippen LogP contribution in [0, 0.1) is 0 Å². The number of hydrogen-bond donors (Lipinski definition) is 1. The summed E-state index contributed by atoms with van der Waals surface area (Å²) in [5, 5.41) is 5.26. The van der Waals surface area contributed by atoms with Gasteiger partial charge in [-0.3, -0.25) is 9.69 Å². The summed E-state index contributed by atoms with van der Waals surface area (Å²) in [6, 6.07) is 0. The van der Waals surface area contributed by atoms with Crippen LogP contribution in [0.3, 0.4) is 0 Å². The van der Waals surface area contributed by atoms with Crippen molar-refractivity contribution in [2.75, 3.05) is 43.1 Å². The Morgan fingerprint density at radius 2 is 2.00 bits per heavy atom. The molecule has 1 aromatic heterocycles. The van der Waals surface area contributed by atoms with E-state index in [1.54, 1.807) is 6.92 Å². The number of carbonyl (C=O) groups is 2. The van der Waals surface area contributed by atoms with Gasteiger partial charge in [-0.15, -0.1) is 11.3 Å². The topological polar surface area (TPSA) is 92.8 Å². The van der Waals surface area contributed by atoms with Crippen LogP contribution in [0.25, 0.3) is 0 Å². The lowest BCUT2D eigenvalue weighted by molar-refractivity contribution is -0.117. The third-order valence-electron chi connectivity index (χ3n) is 4.37. The van der Waals surface area contributed by atoms with Gasteiger partial charge >= 0.3 is 5.97 Å². The van der Waals surface area contributed by atoms with Crippen LogP contribution in [0.15, 0.2) is 5.38 Å². The highest BCUT2D eigenvalue weighted by atomic mass is 32.2. The molecule has 1 aromatic rings. The van der Waals surface area contributed by atoms with Gasteiger partial charge in [0.15, 0.2) is 9.84 Å². The van der Waals surface area contributed by atoms with Gasteiger partial charge in [-0.05, 0) is 36.6 Å². The minimum Gasteiger partial charge on any atom is -0.462 e. The highest BCUT2D eigenvalue weighted by Crippen LogP contribution is 2.46. The first-order valence-corrected chi connectivity index (χ1v) is 11.1. The Balaban J connectivity index is 1.66. The van der Waals surface area contributed by atoms with Crippen molar-refractivity contribution in [3.8, 4) is 0 Å². The number of nitrogens with one attached hydrogen (secondary N) is 1. The first-order valence-electron chi connectivity index (χ1n) is 8.40. The van der Waals surface area contributed by atoms with Gasteiger partial charge in [0.25, 0.3) is 0 Å². The van der Waals surface area contributed by atoms with Crippen LogP contribution in [0.2, 0.25) is 0 Å². The molecule has 0 bridgehead atoms. The summed E-state index contributed by atoms with van der Waals surface area (Å²) in [6.07, 6.45) is 2.11. The highest BCUT2D eigenvalue weighted by Gasteiger charge is 2.32. The van der Waals surface area contributed by atoms with Crippen molar-refractivity contribution >= 4 is 38.1 Å². The second-order valence-corrected chi connectivity index (χ2v) is 9.55. The van der Waals surface area contributed by atoms with Crippen LogP contribution in [0.1, 0.15) is 41.6 Å². The highest BCUT2D eigenvalue weighted by molar-refractivity contribution is 7.91. The Kier molecular flexibility index (Phi) is 5.45. The monoisotopic (exact) mass is 386 g/mol. The van der Waals surface area contributed by atoms with Crippen molar-refractivity contribution in [2.45, 2.75) is 25.7 Å². The quantitative estimate of drug-likeness (QED) is 0.745. The van der Waals surface area contributed by atoms with Gasteiger partial charge in [0.05, 0.1) is 30.2 Å². The molecule has 2 heterocycles. The lowest BCUT2D eigenvalue weighted by Crippen LogP contribution is -2.43. The molecule has 0 unspecified atom stereocenters. The number of anilines is 1. The van der Waals surface area contributed by atoms with Crippen molar-refractivity contribution in [3.05, 3.63) is 16.5 Å². The standard InChI is InChI=1S/C16H22N2O5S2/c1-2-23-16(20)14-12(11-3-4-11)10-24-15(14)17-13(19)9-18-5-7-25(21,22)8-6-18/h10-11H,2-9H2,1H3,(H,17,19). The fourth-order valence-corrected chi connectivity index (χ4v) is 5.17. The Hall–Kier alpha value is -1.45. The van der Waals surface area contributed by atoms with Crippen LogP contribution < -0.4 is 5.32 Å². The molecule has 1 saturated carbocycles. The molecule has 1 saturated heterocycles. The molecule has 1 aliphatic carbocycles. The molecule has 7 nitrogen and oxygen atoms in total. The zero-order valence-electron chi connectivity index (χ0n) is 14.1. The predicted octanol–water partition coefficient (Wildman–Crippen LogP) is 1.47. The number of sulfone groups is 1. The number of thiophene rings is 1. The van der Waals surface area contributed by atoms with E-state index in [4.69, 9.17) is 4.74 Å². The average Bonchev–Trinajstić information content (AvgIpc) is 3.31. The minimum absolute atomic E-state index is 0.0825. The van der Waals surface area contributed by atoms with Crippen LogP contribution in [-0.4, -0.2) is 62.9 Å². The van der Waals surface area contributed by atoms with Crippen LogP contribution in [-0.2, 0) is 19.4 Å². The number of rotatable bonds is 6. The molecule has 1 amide bonds. The van der Waals surface area contributed by atoms with Crippen molar-refractivity contribution in [3.63, 3.8) is 0 Å². The van der Waals surface area contributed by atoms with Crippen LogP contribution in [0.4, 0.5) is 5.00 Å². The fraction of sp³-hybridized carbons (Fsp3) is 0.625. The molecular formula is C16H22N2O5S2. The Labute approximate surface area is 151 Å². The third kappa shape index (κ3) is 4.59. The van der Waals surface area contributed by atoms with E-state index in [9.17, 15) is 18.0 Å². The van der Waals surface area contributed by atoms with E-state index < -0.39 is 15.8 Å². The van der Waals surface area contributed by atoms with Crippen LogP contribution in [0.5, 0.6) is 0 Å². The summed E-state index contributed by atoms with van der Waals surface area (Å²) in [5.74, 6) is -0.0917. The third-order valence-corrected chi connectivity index (χ3v) is 6.90. The molecule has 0 spiro atoms. The van der Waals surface area contributed by atoms with E-state index in [0.29, 0.717) is 29.6 Å². The van der Waals surface area contributed by atoms with E-state index >= 15 is 0 Å². The molecule has 2 fully saturated rings. The number of ether oxygens (including phenoxy) is 1. The molecule has 0 radical (unpaired) electrons. The van der Waals surface area contributed by atoms with Gasteiger partial charge in [0, 0.05) is 13.1 Å². The molecule has 9 heteroatoms. The summed E-state index contributed by atoms with van der Waals surface area (Å²) >= 11 is 1.34. The number of carbonyl (C=O) groups excluding carboxylic acids is 2. The van der Waals surface area contributed by atoms with Crippen molar-refractivity contribution in [2.24, 2.45) is 0 Å². The number of esters is 1. The lowest BCUT2D eigenvalue weighted by Gasteiger charge is -2.25. The predicted molar refractivity (Wildman–Crippen MR) is 96.0 cm³/mol. The molecule has 0 aromatic carbocycles. The first kappa shape index (κ1) is 18.3. The largest absolute Gasteiger partial charge is 0.462 e. The summed E-state index contributed by atoms with van der Waals surface area (Å²) in [7, 11) is -2.97. The summed E-state index contributed by atoms with van der Waals surface area (Å²) < 4.78 is 28.0. The maximum absolute atomic E-state index is 12.3. The molecule has 25 heavy (non-hydrogen) atoms. The maximum Gasteiger partial charge on any atom is 0.341 e. The Morgan fingerprint density at radius 1 is 1.32 bits per heavy atom. The smallest absolute Gasteiger partial charge is 0.341 e. The molecule has 138 valence electrons. The van der Waals surface area contributed by atoms with Gasteiger partial charge in [-0.25, -0.2) is 13.2 Å². The molecule has 2 aliphatic rings. The van der Waals surface area contributed by atoms with E-state index in [1.165, 1.54) is 11.3 Å². The summed E-state index contributed by atoms with van der Waals surface area (Å²) in [4.78, 5) is 26.4. The van der Waals surface area contributed by atoms with Crippen molar-refractivity contribution < 1.29 is 22.7 Å². The zero-order chi connectivity index (χ0) is 18.0. The minimum atomic E-state index is -2.97. The normalized spacial score (nSPS) is 20.2. The average molecular weight is 386 g/mol. The number of nitrogens with zero attached hydrogens (tertiary/aromatic N) is 1.